The van der Waals surface area contributed by atoms with E-state index in [4.69, 9.17) is 15.2 Å². The van der Waals surface area contributed by atoms with E-state index < -0.39 is 0 Å². The van der Waals surface area contributed by atoms with E-state index >= 15 is 0 Å². The minimum Gasteiger partial charge on any atom is -0.493 e. The number of pyridine rings is 1. The monoisotopic (exact) mass is 327 g/mol. The number of hydrogen-bond acceptors (Lipinski definition) is 5. The first-order valence-corrected chi connectivity index (χ1v) is 7.97. The van der Waals surface area contributed by atoms with Gasteiger partial charge in [0.15, 0.2) is 11.5 Å². The average Bonchev–Trinajstić information content (AvgIpc) is 2.63. The van der Waals surface area contributed by atoms with Gasteiger partial charge in [0.25, 0.3) is 5.91 Å². The minimum absolute atomic E-state index is 0.0167. The van der Waals surface area contributed by atoms with Gasteiger partial charge < -0.3 is 20.1 Å². The van der Waals surface area contributed by atoms with Crippen molar-refractivity contribution in [3.05, 3.63) is 48.3 Å². The molecule has 0 atom stereocenters. The van der Waals surface area contributed by atoms with Crippen molar-refractivity contribution < 1.29 is 14.3 Å². The summed E-state index contributed by atoms with van der Waals surface area (Å²) >= 11 is 0. The van der Waals surface area contributed by atoms with Crippen LogP contribution in [-0.2, 0) is 0 Å². The maximum Gasteiger partial charge on any atom is 0.255 e. The van der Waals surface area contributed by atoms with Crippen LogP contribution < -0.4 is 15.2 Å². The van der Waals surface area contributed by atoms with E-state index in [0.717, 1.165) is 12.8 Å². The second-order valence-corrected chi connectivity index (χ2v) is 5.76. The third kappa shape index (κ3) is 3.59. The molecule has 1 amide bonds. The molecule has 2 N–H and O–H groups in total. The number of carbonyl (C=O) groups is 1. The molecule has 126 valence electrons. The van der Waals surface area contributed by atoms with Crippen molar-refractivity contribution in [2.24, 2.45) is 0 Å². The molecule has 0 saturated carbocycles. The smallest absolute Gasteiger partial charge is 0.255 e. The van der Waals surface area contributed by atoms with Crippen LogP contribution >= 0.6 is 0 Å². The number of amides is 1. The van der Waals surface area contributed by atoms with E-state index in [1.807, 2.05) is 4.90 Å². The van der Waals surface area contributed by atoms with Gasteiger partial charge in [-0.15, -0.1) is 0 Å². The van der Waals surface area contributed by atoms with Gasteiger partial charge in [-0.3, -0.25) is 9.78 Å². The summed E-state index contributed by atoms with van der Waals surface area (Å²) in [6.07, 6.45) is 4.84. The lowest BCUT2D eigenvalue weighted by Gasteiger charge is -2.32. The van der Waals surface area contributed by atoms with E-state index in [-0.39, 0.29) is 12.0 Å². The van der Waals surface area contributed by atoms with Crippen LogP contribution in [0.1, 0.15) is 23.2 Å². The number of aromatic nitrogens is 1. The Morgan fingerprint density at radius 2 is 2.04 bits per heavy atom. The van der Waals surface area contributed by atoms with Crippen molar-refractivity contribution in [2.75, 3.05) is 25.9 Å². The lowest BCUT2D eigenvalue weighted by molar-refractivity contribution is 0.0590. The molecule has 0 bridgehead atoms. The lowest BCUT2D eigenvalue weighted by Crippen LogP contribution is -2.41. The second-order valence-electron chi connectivity index (χ2n) is 5.76. The number of likely N-dealkylation sites (tertiary alicyclic amines) is 1. The Bertz CT molecular complexity index is 698. The molecule has 6 nitrogen and oxygen atoms in total. The first-order chi connectivity index (χ1) is 11.7. The molecular weight excluding hydrogens is 306 g/mol. The largest absolute Gasteiger partial charge is 0.493 e. The molecule has 0 unspecified atom stereocenters. The van der Waals surface area contributed by atoms with Crippen LogP contribution in [0.2, 0.25) is 0 Å². The van der Waals surface area contributed by atoms with Gasteiger partial charge in [-0.05, 0) is 24.3 Å². The van der Waals surface area contributed by atoms with Gasteiger partial charge in [-0.25, -0.2) is 0 Å². The van der Waals surface area contributed by atoms with E-state index in [1.54, 1.807) is 49.8 Å². The molecule has 1 fully saturated rings. The van der Waals surface area contributed by atoms with E-state index in [2.05, 4.69) is 4.98 Å². The van der Waals surface area contributed by atoms with Crippen LogP contribution in [0.5, 0.6) is 11.5 Å². The van der Waals surface area contributed by atoms with Crippen molar-refractivity contribution in [2.45, 2.75) is 18.9 Å². The zero-order valence-corrected chi connectivity index (χ0v) is 13.6. The third-order valence-electron chi connectivity index (χ3n) is 4.12. The van der Waals surface area contributed by atoms with Crippen LogP contribution in [0.4, 0.5) is 5.69 Å². The molecule has 0 aliphatic carbocycles. The van der Waals surface area contributed by atoms with Gasteiger partial charge in [-0.1, -0.05) is 0 Å². The van der Waals surface area contributed by atoms with Gasteiger partial charge in [-0.2, -0.15) is 0 Å². The number of nitrogens with two attached hydrogens (primary N) is 1. The van der Waals surface area contributed by atoms with Gasteiger partial charge in [0, 0.05) is 50.1 Å². The van der Waals surface area contributed by atoms with Crippen molar-refractivity contribution in [3.8, 4) is 11.5 Å². The van der Waals surface area contributed by atoms with Crippen molar-refractivity contribution in [1.82, 2.24) is 9.88 Å². The molecule has 0 radical (unpaired) electrons. The highest BCUT2D eigenvalue weighted by Crippen LogP contribution is 2.31. The highest BCUT2D eigenvalue weighted by molar-refractivity contribution is 5.93. The van der Waals surface area contributed by atoms with Gasteiger partial charge in [0.2, 0.25) is 0 Å². The maximum absolute atomic E-state index is 12.4. The fourth-order valence-corrected chi connectivity index (χ4v) is 2.81. The quantitative estimate of drug-likeness (QED) is 0.872. The number of methoxy groups -OCH3 is 1. The summed E-state index contributed by atoms with van der Waals surface area (Å²) in [7, 11) is 1.60. The summed E-state index contributed by atoms with van der Waals surface area (Å²) in [6, 6.07) is 8.91. The molecular formula is C18H21N3O3. The van der Waals surface area contributed by atoms with Crippen LogP contribution in [-0.4, -0.2) is 42.1 Å². The summed E-state index contributed by atoms with van der Waals surface area (Å²) in [5.74, 6) is 1.33. The molecule has 1 aliphatic rings. The number of piperidine rings is 1. The normalized spacial score (nSPS) is 15.1. The first-order valence-electron chi connectivity index (χ1n) is 7.97. The molecule has 1 aromatic heterocycles. The molecule has 6 heteroatoms. The second kappa shape index (κ2) is 7.21. The van der Waals surface area contributed by atoms with E-state index in [0.29, 0.717) is 35.8 Å². The predicted octanol–water partition coefficient (Wildman–Crippen LogP) is 2.36. The zero-order chi connectivity index (χ0) is 16.9. The number of nitrogens with zero attached hydrogens (tertiary/aromatic N) is 2. The third-order valence-corrected chi connectivity index (χ3v) is 4.12. The first kappa shape index (κ1) is 16.1. The Balaban J connectivity index is 1.60. The van der Waals surface area contributed by atoms with Gasteiger partial charge >= 0.3 is 0 Å². The number of benzene rings is 1. The van der Waals surface area contributed by atoms with Gasteiger partial charge in [0.05, 0.1) is 12.7 Å². The molecule has 1 saturated heterocycles. The standard InChI is InChI=1S/C18H21N3O3/c1-23-16-5-4-14(19)11-17(16)24-15-6-9-21(10-7-15)18(22)13-3-2-8-20-12-13/h2-5,8,11-12,15H,6-7,9-10,19H2,1H3. The van der Waals surface area contributed by atoms with Crippen LogP contribution in [0.15, 0.2) is 42.7 Å². The maximum atomic E-state index is 12.4. The molecule has 24 heavy (non-hydrogen) atoms. The Morgan fingerprint density at radius 3 is 2.71 bits per heavy atom. The van der Waals surface area contributed by atoms with Crippen LogP contribution in [0.25, 0.3) is 0 Å². The SMILES string of the molecule is COc1ccc(N)cc1OC1CCN(C(=O)c2cccnc2)CC1. The summed E-state index contributed by atoms with van der Waals surface area (Å²) in [4.78, 5) is 18.3. The molecule has 2 heterocycles. The van der Waals surface area contributed by atoms with Gasteiger partial charge in [0.1, 0.15) is 6.10 Å². The molecule has 3 rings (SSSR count). The summed E-state index contributed by atoms with van der Waals surface area (Å²) < 4.78 is 11.3. The number of nitrogen functional groups attached to an aromatic ring is 1. The van der Waals surface area contributed by atoms with Crippen molar-refractivity contribution in [1.29, 1.82) is 0 Å². The van der Waals surface area contributed by atoms with Crippen LogP contribution in [0, 0.1) is 0 Å². The minimum atomic E-state index is 0.0167. The van der Waals surface area contributed by atoms with E-state index in [1.165, 1.54) is 0 Å². The highest BCUT2D eigenvalue weighted by atomic mass is 16.5. The average molecular weight is 327 g/mol. The number of carbonyl (C=O) groups excluding carboxylic acids is 1. The number of ether oxygens (including phenoxy) is 2. The summed E-state index contributed by atoms with van der Waals surface area (Å²) in [5, 5.41) is 0. The lowest BCUT2D eigenvalue weighted by atomic mass is 10.1. The molecule has 1 aromatic carbocycles. The number of rotatable bonds is 4. The topological polar surface area (TPSA) is 77.7 Å². The fourth-order valence-electron chi connectivity index (χ4n) is 2.81. The Labute approximate surface area is 141 Å². The Morgan fingerprint density at radius 1 is 1.25 bits per heavy atom. The highest BCUT2D eigenvalue weighted by Gasteiger charge is 2.25. The molecule has 1 aliphatic heterocycles. The summed E-state index contributed by atoms with van der Waals surface area (Å²) in [6.45, 7) is 1.31. The number of anilines is 1. The summed E-state index contributed by atoms with van der Waals surface area (Å²) in [5.41, 5.74) is 7.07. The predicted molar refractivity (Wildman–Crippen MR) is 91.2 cm³/mol. The van der Waals surface area contributed by atoms with Crippen molar-refractivity contribution in [3.63, 3.8) is 0 Å². The fraction of sp³-hybridized carbons (Fsp3) is 0.333. The van der Waals surface area contributed by atoms with E-state index in [9.17, 15) is 4.79 Å². The van der Waals surface area contributed by atoms with Crippen LogP contribution in [0.3, 0.4) is 0 Å². The molecule has 2 aromatic rings. The Hall–Kier alpha value is -2.76. The molecule has 0 spiro atoms. The Kier molecular flexibility index (Phi) is 4.84. The van der Waals surface area contributed by atoms with Crippen molar-refractivity contribution >= 4 is 11.6 Å². The number of hydrogen-bond donors (Lipinski definition) is 1. The zero-order valence-electron chi connectivity index (χ0n) is 13.6.